The molecule has 4 nitrogen and oxygen atoms in total. The number of unbranched alkanes of at least 4 members (excludes halogenated alkanes) is 1. The Hall–Kier alpha value is -0.550. The Kier molecular flexibility index (Phi) is 6.33. The van der Waals surface area contributed by atoms with E-state index in [1.165, 1.54) is 12.8 Å². The van der Waals surface area contributed by atoms with Crippen molar-refractivity contribution < 1.29 is 9.53 Å². The number of nitrogens with zero attached hydrogens (tertiary/aromatic N) is 1. The first-order valence-corrected chi connectivity index (χ1v) is 9.49. The van der Waals surface area contributed by atoms with Crippen LogP contribution in [0.3, 0.4) is 0 Å². The number of rotatable bonds is 6. The molecule has 1 unspecified atom stereocenters. The van der Waals surface area contributed by atoms with Crippen LogP contribution in [0, 0.1) is 5.92 Å². The molecule has 0 aromatic rings. The highest BCUT2D eigenvalue weighted by molar-refractivity contribution is 8.16. The third-order valence-electron chi connectivity index (χ3n) is 4.88. The average molecular weight is 327 g/mol. The maximum Gasteiger partial charge on any atom is 0.264 e. The standard InChI is InChI=1S/C17H30N2O2S/c1-5-6-11-21-14-10-8-7-9-13(14)18-16-19-15(20)17(4,22-16)12(2)3/h12-14H,5-11H2,1-4H3,(H,18,19,20)/t13-,14-,17?/m0/s1. The summed E-state index contributed by atoms with van der Waals surface area (Å²) in [7, 11) is 0. The van der Waals surface area contributed by atoms with Gasteiger partial charge >= 0.3 is 0 Å². The highest BCUT2D eigenvalue weighted by Gasteiger charge is 2.44. The van der Waals surface area contributed by atoms with Gasteiger partial charge in [0.25, 0.3) is 5.91 Å². The molecule has 1 amide bonds. The number of thioether (sulfide) groups is 1. The second-order valence-corrected chi connectivity index (χ2v) is 8.32. The van der Waals surface area contributed by atoms with Crippen molar-refractivity contribution in [3.8, 4) is 0 Å². The summed E-state index contributed by atoms with van der Waals surface area (Å²) < 4.78 is 5.64. The van der Waals surface area contributed by atoms with Gasteiger partial charge in [0.05, 0.1) is 12.1 Å². The number of amidine groups is 1. The Balaban J connectivity index is 1.93. The lowest BCUT2D eigenvalue weighted by Crippen LogP contribution is -2.45. The zero-order valence-corrected chi connectivity index (χ0v) is 15.2. The molecule has 1 saturated carbocycles. The van der Waals surface area contributed by atoms with Gasteiger partial charge < -0.3 is 10.1 Å². The van der Waals surface area contributed by atoms with E-state index in [1.54, 1.807) is 11.8 Å². The smallest absolute Gasteiger partial charge is 0.264 e. The third kappa shape index (κ3) is 4.05. The summed E-state index contributed by atoms with van der Waals surface area (Å²) in [4.78, 5) is 16.5. The molecule has 1 aliphatic carbocycles. The minimum atomic E-state index is -0.421. The highest BCUT2D eigenvalue weighted by atomic mass is 32.2. The van der Waals surface area contributed by atoms with Crippen molar-refractivity contribution in [1.82, 2.24) is 5.32 Å². The summed E-state index contributed by atoms with van der Waals surface area (Å²) in [6.07, 6.45) is 7.19. The molecular weight excluding hydrogens is 296 g/mol. The fourth-order valence-corrected chi connectivity index (χ4v) is 4.01. The molecule has 1 N–H and O–H groups in total. The largest absolute Gasteiger partial charge is 0.376 e. The molecule has 2 aliphatic rings. The van der Waals surface area contributed by atoms with Crippen molar-refractivity contribution in [2.75, 3.05) is 6.61 Å². The van der Waals surface area contributed by atoms with Gasteiger partial charge in [-0.2, -0.15) is 4.99 Å². The van der Waals surface area contributed by atoms with E-state index in [0.717, 1.165) is 37.5 Å². The van der Waals surface area contributed by atoms with Crippen LogP contribution in [0.2, 0.25) is 0 Å². The van der Waals surface area contributed by atoms with E-state index in [-0.39, 0.29) is 17.9 Å². The summed E-state index contributed by atoms with van der Waals surface area (Å²) in [5.41, 5.74) is 0. The van der Waals surface area contributed by atoms with Crippen LogP contribution in [0.15, 0.2) is 4.99 Å². The fourth-order valence-electron chi connectivity index (χ4n) is 2.90. The monoisotopic (exact) mass is 326 g/mol. The van der Waals surface area contributed by atoms with Gasteiger partial charge in [-0.25, -0.2) is 0 Å². The van der Waals surface area contributed by atoms with Gasteiger partial charge in [0.2, 0.25) is 0 Å². The molecule has 126 valence electrons. The average Bonchev–Trinajstić information content (AvgIpc) is 2.77. The molecule has 3 atom stereocenters. The lowest BCUT2D eigenvalue weighted by Gasteiger charge is -2.33. The van der Waals surface area contributed by atoms with Gasteiger partial charge in [0, 0.05) is 6.61 Å². The molecule has 0 spiro atoms. The second-order valence-electron chi connectivity index (χ2n) is 6.88. The van der Waals surface area contributed by atoms with Crippen molar-refractivity contribution in [3.63, 3.8) is 0 Å². The molecule has 5 heteroatoms. The van der Waals surface area contributed by atoms with E-state index in [0.29, 0.717) is 6.04 Å². The van der Waals surface area contributed by atoms with Crippen molar-refractivity contribution >= 4 is 22.8 Å². The molecule has 0 aromatic carbocycles. The fraction of sp³-hybridized carbons (Fsp3) is 0.882. The molecule has 1 heterocycles. The van der Waals surface area contributed by atoms with E-state index >= 15 is 0 Å². The molecule has 22 heavy (non-hydrogen) atoms. The normalized spacial score (nSPS) is 32.4. The van der Waals surface area contributed by atoms with Gasteiger partial charge in [0.15, 0.2) is 5.17 Å². The zero-order chi connectivity index (χ0) is 16.2. The van der Waals surface area contributed by atoms with Crippen LogP contribution in [0.4, 0.5) is 0 Å². The van der Waals surface area contributed by atoms with Crippen molar-refractivity contribution in [2.45, 2.75) is 83.1 Å². The summed E-state index contributed by atoms with van der Waals surface area (Å²) >= 11 is 1.59. The first-order valence-electron chi connectivity index (χ1n) is 8.67. The van der Waals surface area contributed by atoms with Gasteiger partial charge in [-0.05, 0) is 32.1 Å². The summed E-state index contributed by atoms with van der Waals surface area (Å²) in [5.74, 6) is 0.269. The molecule has 0 aromatic heterocycles. The number of amides is 1. The quantitative estimate of drug-likeness (QED) is 0.755. The summed E-state index contributed by atoms with van der Waals surface area (Å²) in [6.45, 7) is 9.18. The van der Waals surface area contributed by atoms with Crippen molar-refractivity contribution in [2.24, 2.45) is 10.9 Å². The number of ether oxygens (including phenoxy) is 1. The number of aliphatic imine (C=N–C) groups is 1. The predicted molar refractivity (Wildman–Crippen MR) is 93.3 cm³/mol. The van der Waals surface area contributed by atoms with Gasteiger partial charge in [-0.1, -0.05) is 51.8 Å². The molecule has 0 saturated heterocycles. The predicted octanol–water partition coefficient (Wildman–Crippen LogP) is 3.75. The molecule has 0 bridgehead atoms. The molecule has 1 aliphatic heterocycles. The minimum absolute atomic E-state index is 0.00531. The first-order chi connectivity index (χ1) is 10.5. The SMILES string of the molecule is CCCCO[C@H]1CCCC[C@@H]1NC1=NC(=O)C(C)(C(C)C)S1. The minimum Gasteiger partial charge on any atom is -0.376 e. The van der Waals surface area contributed by atoms with Gasteiger partial charge in [-0.3, -0.25) is 4.79 Å². The lowest BCUT2D eigenvalue weighted by atomic mass is 9.92. The number of hydrogen-bond acceptors (Lipinski definition) is 4. The molecular formula is C17H30N2O2S. The number of carbonyl (C=O) groups excluding carboxylic acids is 1. The zero-order valence-electron chi connectivity index (χ0n) is 14.4. The Morgan fingerprint density at radius 1 is 1.41 bits per heavy atom. The van der Waals surface area contributed by atoms with E-state index in [2.05, 4.69) is 31.1 Å². The van der Waals surface area contributed by atoms with E-state index in [9.17, 15) is 4.79 Å². The Morgan fingerprint density at radius 2 is 2.14 bits per heavy atom. The number of nitrogens with one attached hydrogen (secondary N) is 1. The van der Waals surface area contributed by atoms with Gasteiger partial charge in [-0.15, -0.1) is 0 Å². The van der Waals surface area contributed by atoms with E-state index in [1.807, 2.05) is 6.92 Å². The lowest BCUT2D eigenvalue weighted by molar-refractivity contribution is -0.120. The van der Waals surface area contributed by atoms with Crippen LogP contribution in [-0.4, -0.2) is 34.6 Å². The second kappa shape index (κ2) is 7.82. The number of hydrogen-bond donors (Lipinski definition) is 1. The van der Waals surface area contributed by atoms with Crippen molar-refractivity contribution in [3.05, 3.63) is 0 Å². The number of carbonyl (C=O) groups is 1. The van der Waals surface area contributed by atoms with Gasteiger partial charge in [0.1, 0.15) is 4.75 Å². The topological polar surface area (TPSA) is 50.7 Å². The Morgan fingerprint density at radius 3 is 2.77 bits per heavy atom. The van der Waals surface area contributed by atoms with Crippen molar-refractivity contribution in [1.29, 1.82) is 0 Å². The van der Waals surface area contributed by atoms with Crippen LogP contribution in [0.5, 0.6) is 0 Å². The van der Waals surface area contributed by atoms with E-state index in [4.69, 9.17) is 4.74 Å². The van der Waals surface area contributed by atoms with Crippen LogP contribution in [0.1, 0.15) is 66.2 Å². The van der Waals surface area contributed by atoms with E-state index < -0.39 is 4.75 Å². The van der Waals surface area contributed by atoms with Crippen LogP contribution >= 0.6 is 11.8 Å². The van der Waals surface area contributed by atoms with Crippen LogP contribution in [0.25, 0.3) is 0 Å². The molecule has 2 rings (SSSR count). The third-order valence-corrected chi connectivity index (χ3v) is 6.35. The molecule has 1 fully saturated rings. The maximum atomic E-state index is 12.2. The van der Waals surface area contributed by atoms with Crippen LogP contribution < -0.4 is 5.32 Å². The Labute approximate surface area is 138 Å². The maximum absolute atomic E-state index is 12.2. The molecule has 0 radical (unpaired) electrons. The Bertz CT molecular complexity index is 425. The summed E-state index contributed by atoms with van der Waals surface area (Å²) in [6, 6.07) is 0.291. The summed E-state index contributed by atoms with van der Waals surface area (Å²) in [5, 5.41) is 4.29. The first kappa shape index (κ1) is 17.8. The highest BCUT2D eigenvalue weighted by Crippen LogP contribution is 2.39. The van der Waals surface area contributed by atoms with Crippen LogP contribution in [-0.2, 0) is 9.53 Å².